The molecule has 138 valence electrons. The van der Waals surface area contributed by atoms with Gasteiger partial charge in [-0.3, -0.25) is 9.78 Å². The van der Waals surface area contributed by atoms with Crippen LogP contribution in [0.3, 0.4) is 0 Å². The number of aromatic hydroxyl groups is 1. The summed E-state index contributed by atoms with van der Waals surface area (Å²) in [5.41, 5.74) is 0.610. The molecule has 27 heavy (non-hydrogen) atoms. The smallest absolute Gasteiger partial charge is 0.325 e. The maximum atomic E-state index is 14.0. The molecule has 2 aromatic heterocycles. The van der Waals surface area contributed by atoms with E-state index in [1.54, 1.807) is 6.07 Å². The van der Waals surface area contributed by atoms with Crippen molar-refractivity contribution in [2.45, 2.75) is 12.8 Å². The minimum Gasteiger partial charge on any atom is -0.493 e. The number of carbonyl (C=O) groups is 1. The minimum absolute atomic E-state index is 0.0769. The molecule has 0 radical (unpaired) electrons. The highest BCUT2D eigenvalue weighted by molar-refractivity contribution is 5.98. The van der Waals surface area contributed by atoms with E-state index in [1.165, 1.54) is 24.5 Å². The van der Waals surface area contributed by atoms with Crippen LogP contribution in [0.1, 0.15) is 23.2 Å². The van der Waals surface area contributed by atoms with E-state index >= 15 is 0 Å². The molecule has 1 saturated heterocycles. The van der Waals surface area contributed by atoms with Crippen molar-refractivity contribution in [2.75, 3.05) is 13.2 Å². The first-order chi connectivity index (χ1) is 13.1. The van der Waals surface area contributed by atoms with E-state index in [0.29, 0.717) is 37.0 Å². The highest BCUT2D eigenvalue weighted by Crippen LogP contribution is 2.28. The Labute approximate surface area is 153 Å². The maximum absolute atomic E-state index is 14.0. The molecule has 0 unspecified atom stereocenters. The summed E-state index contributed by atoms with van der Waals surface area (Å²) in [6.45, 7) is 1.04. The SMILES string of the molecule is O=C(c1cc(F)cc(Oc2nc(O)c3ccncc3n2)c1)C1CCOCC1. The number of aromatic nitrogens is 3. The summed E-state index contributed by atoms with van der Waals surface area (Å²) < 4.78 is 24.8. The third-order valence-electron chi connectivity index (χ3n) is 4.42. The molecular weight excluding hydrogens is 353 g/mol. The number of rotatable bonds is 4. The van der Waals surface area contributed by atoms with Crippen molar-refractivity contribution < 1.29 is 23.8 Å². The molecular formula is C19H16FN3O4. The number of halogens is 1. The summed E-state index contributed by atoms with van der Waals surface area (Å²) in [4.78, 5) is 24.6. The van der Waals surface area contributed by atoms with E-state index in [1.807, 2.05) is 0 Å². The normalized spacial score (nSPS) is 15.0. The standard InChI is InChI=1S/C19H16FN3O4/c20-13-7-12(17(24)11-2-5-26-6-3-11)8-14(9-13)27-19-22-16-10-21-4-1-15(16)18(25)23-19/h1,4,7-11H,2-3,5-6H2,(H,22,23,25). The van der Waals surface area contributed by atoms with Gasteiger partial charge < -0.3 is 14.6 Å². The lowest BCUT2D eigenvalue weighted by Crippen LogP contribution is -2.23. The summed E-state index contributed by atoms with van der Waals surface area (Å²) in [6.07, 6.45) is 4.18. The van der Waals surface area contributed by atoms with Crippen LogP contribution < -0.4 is 4.74 Å². The summed E-state index contributed by atoms with van der Waals surface area (Å²) >= 11 is 0. The first-order valence-electron chi connectivity index (χ1n) is 8.51. The van der Waals surface area contributed by atoms with Crippen molar-refractivity contribution in [2.24, 2.45) is 5.92 Å². The van der Waals surface area contributed by atoms with Crippen LogP contribution in [0.15, 0.2) is 36.7 Å². The van der Waals surface area contributed by atoms with Crippen LogP contribution >= 0.6 is 0 Å². The molecule has 1 aliphatic rings. The molecule has 7 nitrogen and oxygen atoms in total. The zero-order chi connectivity index (χ0) is 18.8. The lowest BCUT2D eigenvalue weighted by atomic mass is 9.91. The molecule has 3 aromatic rings. The van der Waals surface area contributed by atoms with Gasteiger partial charge >= 0.3 is 6.01 Å². The van der Waals surface area contributed by atoms with Gasteiger partial charge in [0.05, 0.1) is 17.1 Å². The fraction of sp³-hybridized carbons (Fsp3) is 0.263. The summed E-state index contributed by atoms with van der Waals surface area (Å²) in [7, 11) is 0. The van der Waals surface area contributed by atoms with E-state index in [-0.39, 0.29) is 34.9 Å². The summed E-state index contributed by atoms with van der Waals surface area (Å²) in [6, 6.07) is 5.18. The van der Waals surface area contributed by atoms with Gasteiger partial charge in [-0.05, 0) is 31.0 Å². The molecule has 1 N–H and O–H groups in total. The van der Waals surface area contributed by atoms with E-state index in [0.717, 1.165) is 6.07 Å². The second-order valence-corrected chi connectivity index (χ2v) is 6.25. The predicted molar refractivity (Wildman–Crippen MR) is 93.3 cm³/mol. The Morgan fingerprint density at radius 1 is 1.22 bits per heavy atom. The van der Waals surface area contributed by atoms with E-state index in [9.17, 15) is 14.3 Å². The first-order valence-corrected chi connectivity index (χ1v) is 8.51. The average Bonchev–Trinajstić information content (AvgIpc) is 2.68. The fourth-order valence-electron chi connectivity index (χ4n) is 3.05. The minimum atomic E-state index is -0.602. The Hall–Kier alpha value is -3.13. The Kier molecular flexibility index (Phi) is 4.64. The van der Waals surface area contributed by atoms with E-state index in [4.69, 9.17) is 9.47 Å². The van der Waals surface area contributed by atoms with Crippen molar-refractivity contribution in [3.8, 4) is 17.6 Å². The lowest BCUT2D eigenvalue weighted by molar-refractivity contribution is 0.0544. The number of fused-ring (bicyclic) bond motifs is 1. The average molecular weight is 369 g/mol. The second kappa shape index (κ2) is 7.24. The number of ether oxygens (including phenoxy) is 2. The van der Waals surface area contributed by atoms with Crippen LogP contribution in [0.5, 0.6) is 17.6 Å². The first kappa shape index (κ1) is 17.3. The molecule has 4 rings (SSSR count). The van der Waals surface area contributed by atoms with Crippen LogP contribution in [-0.4, -0.2) is 39.1 Å². The van der Waals surface area contributed by atoms with Gasteiger partial charge in [-0.25, -0.2) is 4.39 Å². The molecule has 0 amide bonds. The predicted octanol–water partition coefficient (Wildman–Crippen LogP) is 3.27. The summed E-state index contributed by atoms with van der Waals surface area (Å²) in [5, 5.41) is 10.4. The van der Waals surface area contributed by atoms with Crippen LogP contribution in [0.2, 0.25) is 0 Å². The maximum Gasteiger partial charge on any atom is 0.325 e. The van der Waals surface area contributed by atoms with Gasteiger partial charge in [0.1, 0.15) is 11.6 Å². The number of nitrogens with zero attached hydrogens (tertiary/aromatic N) is 3. The molecule has 1 aliphatic heterocycles. The monoisotopic (exact) mass is 369 g/mol. The molecule has 1 fully saturated rings. The molecule has 8 heteroatoms. The Bertz CT molecular complexity index is 1010. The Morgan fingerprint density at radius 3 is 2.85 bits per heavy atom. The molecule has 0 spiro atoms. The third kappa shape index (κ3) is 3.70. The van der Waals surface area contributed by atoms with Gasteiger partial charge in [0.25, 0.3) is 0 Å². The fourth-order valence-corrected chi connectivity index (χ4v) is 3.05. The lowest BCUT2D eigenvalue weighted by Gasteiger charge is -2.21. The molecule has 1 aromatic carbocycles. The van der Waals surface area contributed by atoms with Crippen molar-refractivity contribution in [3.05, 3.63) is 48.0 Å². The topological polar surface area (TPSA) is 94.4 Å². The quantitative estimate of drug-likeness (QED) is 0.705. The van der Waals surface area contributed by atoms with Crippen molar-refractivity contribution in [1.82, 2.24) is 15.0 Å². The summed E-state index contributed by atoms with van der Waals surface area (Å²) in [5.74, 6) is -1.13. The van der Waals surface area contributed by atoms with Crippen LogP contribution in [0, 0.1) is 11.7 Å². The Balaban J connectivity index is 1.62. The third-order valence-corrected chi connectivity index (χ3v) is 4.42. The number of Topliss-reactive ketones (excluding diaryl/α,β-unsaturated/α-hetero) is 1. The molecule has 0 aliphatic carbocycles. The second-order valence-electron chi connectivity index (χ2n) is 6.25. The highest BCUT2D eigenvalue weighted by Gasteiger charge is 2.24. The van der Waals surface area contributed by atoms with Gasteiger partial charge in [-0.15, -0.1) is 0 Å². The van der Waals surface area contributed by atoms with Gasteiger partial charge in [-0.1, -0.05) is 0 Å². The molecule has 0 atom stereocenters. The number of carbonyl (C=O) groups excluding carboxylic acids is 1. The number of hydrogen-bond donors (Lipinski definition) is 1. The zero-order valence-corrected chi connectivity index (χ0v) is 14.3. The van der Waals surface area contributed by atoms with Crippen LogP contribution in [0.4, 0.5) is 4.39 Å². The molecule has 0 bridgehead atoms. The van der Waals surface area contributed by atoms with Gasteiger partial charge in [0, 0.05) is 37.0 Å². The van der Waals surface area contributed by atoms with Gasteiger partial charge in [0.15, 0.2) is 5.78 Å². The van der Waals surface area contributed by atoms with Crippen molar-refractivity contribution >= 4 is 16.7 Å². The Morgan fingerprint density at radius 2 is 2.04 bits per heavy atom. The van der Waals surface area contributed by atoms with Gasteiger partial charge in [0.2, 0.25) is 5.88 Å². The number of hydrogen-bond acceptors (Lipinski definition) is 7. The van der Waals surface area contributed by atoms with Crippen molar-refractivity contribution in [3.63, 3.8) is 0 Å². The van der Waals surface area contributed by atoms with Gasteiger partial charge in [-0.2, -0.15) is 9.97 Å². The van der Waals surface area contributed by atoms with Crippen LogP contribution in [0.25, 0.3) is 10.9 Å². The van der Waals surface area contributed by atoms with E-state index < -0.39 is 5.82 Å². The van der Waals surface area contributed by atoms with Crippen LogP contribution in [-0.2, 0) is 4.74 Å². The highest BCUT2D eigenvalue weighted by atomic mass is 19.1. The number of benzene rings is 1. The number of pyridine rings is 1. The largest absolute Gasteiger partial charge is 0.493 e. The molecule has 3 heterocycles. The molecule has 0 saturated carbocycles. The number of ketones is 1. The van der Waals surface area contributed by atoms with E-state index in [2.05, 4.69) is 15.0 Å². The zero-order valence-electron chi connectivity index (χ0n) is 14.3. The van der Waals surface area contributed by atoms with Crippen molar-refractivity contribution in [1.29, 1.82) is 0 Å².